The molecule has 0 bridgehead atoms. The second-order valence-corrected chi connectivity index (χ2v) is 8.23. The van der Waals surface area contributed by atoms with E-state index in [1.54, 1.807) is 34.6 Å². The molecule has 7 heteroatoms. The van der Waals surface area contributed by atoms with Crippen molar-refractivity contribution in [3.05, 3.63) is 29.8 Å². The highest BCUT2D eigenvalue weighted by atomic mass is 19.1. The molecule has 0 aliphatic heterocycles. The van der Waals surface area contributed by atoms with Crippen LogP contribution in [0.1, 0.15) is 54.9 Å². The van der Waals surface area contributed by atoms with Crippen molar-refractivity contribution in [2.45, 2.75) is 72.7 Å². The Morgan fingerprint density at radius 1 is 1.07 bits per heavy atom. The lowest BCUT2D eigenvalue weighted by molar-refractivity contribution is -0.167. The van der Waals surface area contributed by atoms with E-state index in [0.717, 1.165) is 12.1 Å². The maximum absolute atomic E-state index is 13.8. The van der Waals surface area contributed by atoms with E-state index in [-0.39, 0.29) is 18.1 Å². The zero-order chi connectivity index (χ0) is 21.6. The third-order valence-electron chi connectivity index (χ3n) is 3.87. The van der Waals surface area contributed by atoms with E-state index in [1.165, 1.54) is 6.07 Å². The van der Waals surface area contributed by atoms with Crippen LogP contribution < -0.4 is 4.74 Å². The van der Waals surface area contributed by atoms with Crippen molar-refractivity contribution in [1.29, 1.82) is 0 Å². The molecule has 1 aromatic rings. The molecule has 1 aromatic carbocycles. The van der Waals surface area contributed by atoms with Crippen molar-refractivity contribution in [3.63, 3.8) is 0 Å². The summed E-state index contributed by atoms with van der Waals surface area (Å²) in [6, 6.07) is 3.00. The summed E-state index contributed by atoms with van der Waals surface area (Å²) in [5.74, 6) is -3.56. The van der Waals surface area contributed by atoms with Gasteiger partial charge in [0, 0.05) is 6.07 Å². The van der Waals surface area contributed by atoms with E-state index < -0.39 is 47.3 Å². The van der Waals surface area contributed by atoms with Crippen LogP contribution in [0.15, 0.2) is 18.2 Å². The monoisotopic (exact) mass is 400 g/mol. The van der Waals surface area contributed by atoms with Gasteiger partial charge in [-0.1, -0.05) is 20.8 Å². The van der Waals surface area contributed by atoms with Gasteiger partial charge in [-0.25, -0.2) is 8.78 Å². The number of halogens is 2. The fraction of sp³-hybridized carbons (Fsp3) is 0.619. The van der Waals surface area contributed by atoms with Crippen molar-refractivity contribution < 1.29 is 32.6 Å². The van der Waals surface area contributed by atoms with Gasteiger partial charge in [0.25, 0.3) is 0 Å². The molecule has 0 N–H and O–H groups in total. The van der Waals surface area contributed by atoms with Crippen LogP contribution in [0.3, 0.4) is 0 Å². The summed E-state index contributed by atoms with van der Waals surface area (Å²) < 4.78 is 43.1. The molecule has 5 nitrogen and oxygen atoms in total. The number of rotatable bonds is 8. The first-order valence-corrected chi connectivity index (χ1v) is 9.34. The average molecular weight is 400 g/mol. The molecule has 158 valence electrons. The number of esters is 2. The molecule has 0 aromatic heterocycles. The molecule has 0 aliphatic carbocycles. The minimum Gasteiger partial charge on any atom is -0.484 e. The van der Waals surface area contributed by atoms with Gasteiger partial charge >= 0.3 is 11.9 Å². The summed E-state index contributed by atoms with van der Waals surface area (Å²) in [5.41, 5.74) is -0.636. The molecular formula is C21H30F2O5. The number of benzene rings is 1. The Kier molecular flexibility index (Phi) is 8.39. The maximum Gasteiger partial charge on any atom is 0.309 e. The Labute approximate surface area is 165 Å². The van der Waals surface area contributed by atoms with Gasteiger partial charge in [-0.3, -0.25) is 9.59 Å². The molecule has 0 unspecified atom stereocenters. The predicted octanol–water partition coefficient (Wildman–Crippen LogP) is 4.67. The molecular weight excluding hydrogens is 370 g/mol. The van der Waals surface area contributed by atoms with Crippen LogP contribution in [0, 0.1) is 23.5 Å². The van der Waals surface area contributed by atoms with Gasteiger partial charge in [0.15, 0.2) is 11.6 Å². The standard InChI is InChI=1S/C21H30F2O5/c1-12(2)19(14(4)26-17-9-8-15(22)11-16(17)23)27-20(25)13(3)10-18(24)28-21(5,6)7/h8-9,11-14,19H,10H2,1-7H3/t13-,14+,19-/m1/s1. The molecule has 0 radical (unpaired) electrons. The van der Waals surface area contributed by atoms with Crippen LogP contribution in [0.25, 0.3) is 0 Å². The van der Waals surface area contributed by atoms with E-state index >= 15 is 0 Å². The van der Waals surface area contributed by atoms with E-state index in [9.17, 15) is 18.4 Å². The summed E-state index contributed by atoms with van der Waals surface area (Å²) in [7, 11) is 0. The van der Waals surface area contributed by atoms with E-state index in [4.69, 9.17) is 14.2 Å². The minimum atomic E-state index is -0.834. The van der Waals surface area contributed by atoms with Gasteiger partial charge in [-0.2, -0.15) is 0 Å². The molecule has 28 heavy (non-hydrogen) atoms. The number of hydrogen-bond acceptors (Lipinski definition) is 5. The van der Waals surface area contributed by atoms with Crippen molar-refractivity contribution >= 4 is 11.9 Å². The van der Waals surface area contributed by atoms with Crippen LogP contribution in [-0.4, -0.2) is 29.7 Å². The predicted molar refractivity (Wildman–Crippen MR) is 101 cm³/mol. The summed E-state index contributed by atoms with van der Waals surface area (Å²) in [6.45, 7) is 12.1. The zero-order valence-electron chi connectivity index (χ0n) is 17.5. The Morgan fingerprint density at radius 2 is 1.68 bits per heavy atom. The zero-order valence-corrected chi connectivity index (χ0v) is 17.5. The third-order valence-corrected chi connectivity index (χ3v) is 3.87. The van der Waals surface area contributed by atoms with E-state index in [0.29, 0.717) is 0 Å². The maximum atomic E-state index is 13.8. The molecule has 0 spiro atoms. The Balaban J connectivity index is 2.74. The first-order valence-electron chi connectivity index (χ1n) is 9.34. The van der Waals surface area contributed by atoms with Gasteiger partial charge in [0.2, 0.25) is 0 Å². The van der Waals surface area contributed by atoms with Crippen molar-refractivity contribution in [3.8, 4) is 5.75 Å². The molecule has 0 heterocycles. The topological polar surface area (TPSA) is 61.8 Å². The molecule has 0 saturated carbocycles. The first kappa shape index (κ1) is 23.9. The second kappa shape index (κ2) is 9.85. The van der Waals surface area contributed by atoms with E-state index in [2.05, 4.69) is 0 Å². The van der Waals surface area contributed by atoms with Crippen molar-refractivity contribution in [1.82, 2.24) is 0 Å². The number of carbonyl (C=O) groups excluding carboxylic acids is 2. The summed E-state index contributed by atoms with van der Waals surface area (Å²) >= 11 is 0. The van der Waals surface area contributed by atoms with Crippen LogP contribution >= 0.6 is 0 Å². The lowest BCUT2D eigenvalue weighted by Gasteiger charge is -2.29. The number of hydrogen-bond donors (Lipinski definition) is 0. The third kappa shape index (κ3) is 7.82. The van der Waals surface area contributed by atoms with Gasteiger partial charge in [0.1, 0.15) is 23.6 Å². The summed E-state index contributed by atoms with van der Waals surface area (Å²) in [5, 5.41) is 0. The normalized spacial score (nSPS) is 14.9. The fourth-order valence-electron chi connectivity index (χ4n) is 2.58. The SMILES string of the molecule is CC(C)[C@@H](OC(=O)[C@H](C)CC(=O)OC(C)(C)C)[C@H](C)Oc1ccc(F)cc1F. The molecule has 3 atom stereocenters. The number of carbonyl (C=O) groups is 2. The average Bonchev–Trinajstić information content (AvgIpc) is 2.52. The smallest absolute Gasteiger partial charge is 0.309 e. The van der Waals surface area contributed by atoms with Crippen molar-refractivity contribution in [2.75, 3.05) is 0 Å². The van der Waals surface area contributed by atoms with Crippen LogP contribution in [-0.2, 0) is 19.1 Å². The lowest BCUT2D eigenvalue weighted by atomic mass is 10.0. The molecule has 0 amide bonds. The van der Waals surface area contributed by atoms with Crippen LogP contribution in [0.5, 0.6) is 5.75 Å². The first-order chi connectivity index (χ1) is 12.8. The molecule has 0 saturated heterocycles. The number of ether oxygens (including phenoxy) is 3. The largest absolute Gasteiger partial charge is 0.484 e. The van der Waals surface area contributed by atoms with Gasteiger partial charge < -0.3 is 14.2 Å². The minimum absolute atomic E-state index is 0.108. The highest BCUT2D eigenvalue weighted by Crippen LogP contribution is 2.23. The van der Waals surface area contributed by atoms with Crippen molar-refractivity contribution in [2.24, 2.45) is 11.8 Å². The quantitative estimate of drug-likeness (QED) is 0.594. The van der Waals surface area contributed by atoms with Crippen LogP contribution in [0.2, 0.25) is 0 Å². The van der Waals surface area contributed by atoms with Gasteiger partial charge in [-0.15, -0.1) is 0 Å². The van der Waals surface area contributed by atoms with Crippen LogP contribution in [0.4, 0.5) is 8.78 Å². The highest BCUT2D eigenvalue weighted by molar-refractivity contribution is 5.79. The lowest BCUT2D eigenvalue weighted by Crippen LogP contribution is -2.39. The fourth-order valence-corrected chi connectivity index (χ4v) is 2.58. The molecule has 0 fully saturated rings. The Hall–Kier alpha value is -2.18. The summed E-state index contributed by atoms with van der Waals surface area (Å²) in [4.78, 5) is 24.3. The molecule has 0 aliphatic rings. The summed E-state index contributed by atoms with van der Waals surface area (Å²) in [6.07, 6.45) is -1.47. The van der Waals surface area contributed by atoms with Gasteiger partial charge in [-0.05, 0) is 45.7 Å². The second-order valence-electron chi connectivity index (χ2n) is 8.23. The highest BCUT2D eigenvalue weighted by Gasteiger charge is 2.30. The molecule has 1 rings (SSSR count). The Morgan fingerprint density at radius 3 is 2.18 bits per heavy atom. The van der Waals surface area contributed by atoms with E-state index in [1.807, 2.05) is 13.8 Å². The Bertz CT molecular complexity index is 682. The van der Waals surface area contributed by atoms with Gasteiger partial charge in [0.05, 0.1) is 12.3 Å².